The summed E-state index contributed by atoms with van der Waals surface area (Å²) in [7, 11) is 0. The first kappa shape index (κ1) is 12.4. The SMILES string of the molecule is CCCN1CC(=O)N(CCC2CNC2)CC1=O. The van der Waals surface area contributed by atoms with Gasteiger partial charge in [0.15, 0.2) is 0 Å². The van der Waals surface area contributed by atoms with Crippen LogP contribution in [0.1, 0.15) is 19.8 Å². The molecule has 1 N–H and O–H groups in total. The van der Waals surface area contributed by atoms with Gasteiger partial charge in [-0.1, -0.05) is 6.92 Å². The Kier molecular flexibility index (Phi) is 3.99. The number of nitrogens with one attached hydrogen (secondary N) is 1. The average Bonchev–Trinajstić information content (AvgIpc) is 2.23. The summed E-state index contributed by atoms with van der Waals surface area (Å²) >= 11 is 0. The fraction of sp³-hybridized carbons (Fsp3) is 0.833. The van der Waals surface area contributed by atoms with Gasteiger partial charge in [-0.05, 0) is 31.8 Å². The lowest BCUT2D eigenvalue weighted by Crippen LogP contribution is -2.54. The molecule has 2 rings (SSSR count). The van der Waals surface area contributed by atoms with Gasteiger partial charge in [-0.25, -0.2) is 0 Å². The van der Waals surface area contributed by atoms with E-state index < -0.39 is 0 Å². The van der Waals surface area contributed by atoms with Gasteiger partial charge in [0.2, 0.25) is 11.8 Å². The molecule has 2 saturated heterocycles. The summed E-state index contributed by atoms with van der Waals surface area (Å²) in [5.74, 6) is 0.884. The summed E-state index contributed by atoms with van der Waals surface area (Å²) in [6.07, 6.45) is 1.92. The smallest absolute Gasteiger partial charge is 0.242 e. The molecule has 0 bridgehead atoms. The Morgan fingerprint density at radius 3 is 2.18 bits per heavy atom. The molecule has 5 heteroatoms. The van der Waals surface area contributed by atoms with Crippen LogP contribution >= 0.6 is 0 Å². The van der Waals surface area contributed by atoms with Gasteiger partial charge in [0.25, 0.3) is 0 Å². The van der Waals surface area contributed by atoms with Crippen molar-refractivity contribution in [3.8, 4) is 0 Å². The number of hydrogen-bond donors (Lipinski definition) is 1. The van der Waals surface area contributed by atoms with Crippen molar-refractivity contribution in [2.24, 2.45) is 5.92 Å². The molecule has 2 fully saturated rings. The van der Waals surface area contributed by atoms with Gasteiger partial charge >= 0.3 is 0 Å². The van der Waals surface area contributed by atoms with Crippen LogP contribution in [0.15, 0.2) is 0 Å². The minimum atomic E-state index is 0.0955. The average molecular weight is 239 g/mol. The second-order valence-corrected chi connectivity index (χ2v) is 4.94. The predicted molar refractivity (Wildman–Crippen MR) is 64.4 cm³/mol. The zero-order valence-electron chi connectivity index (χ0n) is 10.4. The van der Waals surface area contributed by atoms with Gasteiger partial charge in [0.05, 0.1) is 13.1 Å². The molecule has 0 aromatic heterocycles. The summed E-state index contributed by atoms with van der Waals surface area (Å²) in [5.41, 5.74) is 0. The van der Waals surface area contributed by atoms with Crippen LogP contribution in [0, 0.1) is 5.92 Å². The Morgan fingerprint density at radius 2 is 1.71 bits per heavy atom. The van der Waals surface area contributed by atoms with E-state index in [2.05, 4.69) is 5.32 Å². The molecule has 2 amide bonds. The second-order valence-electron chi connectivity index (χ2n) is 4.94. The maximum absolute atomic E-state index is 11.9. The molecule has 96 valence electrons. The molecule has 2 aliphatic rings. The largest absolute Gasteiger partial charge is 0.332 e. The zero-order chi connectivity index (χ0) is 12.3. The molecule has 2 aliphatic heterocycles. The topological polar surface area (TPSA) is 52.7 Å². The van der Waals surface area contributed by atoms with Crippen LogP contribution in [0.3, 0.4) is 0 Å². The first-order valence-corrected chi connectivity index (χ1v) is 6.47. The standard InChI is InChI=1S/C12H21N3O2/c1-2-4-14-8-12(17)15(9-11(14)16)5-3-10-6-13-7-10/h10,13H,2-9H2,1H3. The number of nitrogens with zero attached hydrogens (tertiary/aromatic N) is 2. The second kappa shape index (κ2) is 5.49. The van der Waals surface area contributed by atoms with Crippen LogP contribution in [-0.4, -0.2) is 60.9 Å². The lowest BCUT2D eigenvalue weighted by Gasteiger charge is -2.35. The van der Waals surface area contributed by atoms with E-state index in [-0.39, 0.29) is 24.9 Å². The Morgan fingerprint density at radius 1 is 1.12 bits per heavy atom. The molecule has 0 unspecified atom stereocenters. The molecule has 0 aromatic carbocycles. The lowest BCUT2D eigenvalue weighted by atomic mass is 9.99. The Hall–Kier alpha value is -1.10. The summed E-state index contributed by atoms with van der Waals surface area (Å²) in [6, 6.07) is 0. The van der Waals surface area contributed by atoms with E-state index in [0.717, 1.165) is 32.5 Å². The summed E-state index contributed by atoms with van der Waals surface area (Å²) < 4.78 is 0. The highest BCUT2D eigenvalue weighted by molar-refractivity contribution is 5.92. The fourth-order valence-electron chi connectivity index (χ4n) is 2.27. The Bertz CT molecular complexity index is 302. The molecular weight excluding hydrogens is 218 g/mol. The van der Waals surface area contributed by atoms with Crippen LogP contribution in [0.5, 0.6) is 0 Å². The molecule has 0 saturated carbocycles. The van der Waals surface area contributed by atoms with Crippen molar-refractivity contribution in [1.29, 1.82) is 0 Å². The fourth-order valence-corrected chi connectivity index (χ4v) is 2.27. The third-order valence-electron chi connectivity index (χ3n) is 3.52. The normalized spacial score (nSPS) is 21.9. The van der Waals surface area contributed by atoms with Gasteiger partial charge in [-0.3, -0.25) is 9.59 Å². The zero-order valence-corrected chi connectivity index (χ0v) is 10.4. The first-order valence-electron chi connectivity index (χ1n) is 6.47. The quantitative estimate of drug-likeness (QED) is 0.715. The Balaban J connectivity index is 1.79. The number of carbonyl (C=O) groups is 2. The van der Waals surface area contributed by atoms with Crippen molar-refractivity contribution in [3.05, 3.63) is 0 Å². The molecule has 0 aliphatic carbocycles. The third kappa shape index (κ3) is 2.97. The van der Waals surface area contributed by atoms with Gasteiger partial charge in [-0.15, -0.1) is 0 Å². The van der Waals surface area contributed by atoms with E-state index in [1.165, 1.54) is 0 Å². The summed E-state index contributed by atoms with van der Waals surface area (Å²) in [5, 5.41) is 3.21. The minimum Gasteiger partial charge on any atom is -0.332 e. The number of piperazine rings is 1. The van der Waals surface area contributed by atoms with Crippen LogP contribution in [0.25, 0.3) is 0 Å². The highest BCUT2D eigenvalue weighted by atomic mass is 16.2. The number of carbonyl (C=O) groups excluding carboxylic acids is 2. The monoisotopic (exact) mass is 239 g/mol. The van der Waals surface area contributed by atoms with Crippen molar-refractivity contribution in [3.63, 3.8) is 0 Å². The van der Waals surface area contributed by atoms with Crippen molar-refractivity contribution in [2.75, 3.05) is 39.3 Å². The molecule has 5 nitrogen and oxygen atoms in total. The summed E-state index contributed by atoms with van der Waals surface area (Å²) in [4.78, 5) is 27.0. The Labute approximate surface area is 102 Å². The minimum absolute atomic E-state index is 0.0955. The van der Waals surface area contributed by atoms with Crippen LogP contribution in [-0.2, 0) is 9.59 Å². The lowest BCUT2D eigenvalue weighted by molar-refractivity contribution is -0.150. The van der Waals surface area contributed by atoms with Gasteiger partial charge in [0.1, 0.15) is 0 Å². The highest BCUT2D eigenvalue weighted by Gasteiger charge is 2.29. The number of rotatable bonds is 5. The van der Waals surface area contributed by atoms with Crippen LogP contribution in [0.4, 0.5) is 0 Å². The molecule has 17 heavy (non-hydrogen) atoms. The van der Waals surface area contributed by atoms with Gasteiger partial charge < -0.3 is 15.1 Å². The van der Waals surface area contributed by atoms with E-state index in [1.807, 2.05) is 6.92 Å². The van der Waals surface area contributed by atoms with E-state index >= 15 is 0 Å². The first-order chi connectivity index (χ1) is 8.20. The van der Waals surface area contributed by atoms with Crippen molar-refractivity contribution >= 4 is 11.8 Å². The van der Waals surface area contributed by atoms with Gasteiger partial charge in [-0.2, -0.15) is 0 Å². The molecular formula is C12H21N3O2. The predicted octanol–water partition coefficient (Wildman–Crippen LogP) is -0.323. The van der Waals surface area contributed by atoms with E-state index in [4.69, 9.17) is 0 Å². The summed E-state index contributed by atoms with van der Waals surface area (Å²) in [6.45, 7) is 6.11. The van der Waals surface area contributed by atoms with E-state index in [0.29, 0.717) is 12.5 Å². The molecule has 0 atom stereocenters. The van der Waals surface area contributed by atoms with Crippen molar-refractivity contribution < 1.29 is 9.59 Å². The number of amides is 2. The van der Waals surface area contributed by atoms with Gasteiger partial charge in [0, 0.05) is 13.1 Å². The van der Waals surface area contributed by atoms with E-state index in [1.54, 1.807) is 9.80 Å². The third-order valence-corrected chi connectivity index (χ3v) is 3.52. The molecule has 0 aromatic rings. The van der Waals surface area contributed by atoms with E-state index in [9.17, 15) is 9.59 Å². The number of hydrogen-bond acceptors (Lipinski definition) is 3. The maximum Gasteiger partial charge on any atom is 0.242 e. The highest BCUT2D eigenvalue weighted by Crippen LogP contribution is 2.12. The molecule has 0 radical (unpaired) electrons. The van der Waals surface area contributed by atoms with Crippen molar-refractivity contribution in [1.82, 2.24) is 15.1 Å². The van der Waals surface area contributed by atoms with Crippen LogP contribution in [0.2, 0.25) is 0 Å². The maximum atomic E-state index is 11.9. The molecule has 0 spiro atoms. The van der Waals surface area contributed by atoms with Crippen molar-refractivity contribution in [2.45, 2.75) is 19.8 Å². The van der Waals surface area contributed by atoms with Crippen LogP contribution < -0.4 is 5.32 Å². The molecule has 2 heterocycles.